The van der Waals surface area contributed by atoms with Crippen molar-refractivity contribution in [2.24, 2.45) is 5.92 Å². The Bertz CT molecular complexity index is 709. The third kappa shape index (κ3) is 4.10. The number of H-pyrrole nitrogens is 1. The minimum atomic E-state index is 0.111. The van der Waals surface area contributed by atoms with Crippen LogP contribution in [0.1, 0.15) is 37.4 Å². The molecule has 1 atom stereocenters. The van der Waals surface area contributed by atoms with E-state index in [0.717, 1.165) is 49.6 Å². The van der Waals surface area contributed by atoms with E-state index in [1.165, 1.54) is 12.8 Å². The smallest absolute Gasteiger partial charge is 0.248 e. The van der Waals surface area contributed by atoms with Gasteiger partial charge in [-0.1, -0.05) is 30.3 Å². The van der Waals surface area contributed by atoms with E-state index in [0.29, 0.717) is 5.92 Å². The Morgan fingerprint density at radius 2 is 2.08 bits per heavy atom. The predicted molar refractivity (Wildman–Crippen MR) is 96.1 cm³/mol. The van der Waals surface area contributed by atoms with E-state index in [2.05, 4.69) is 22.1 Å². The maximum absolute atomic E-state index is 12.4. The highest BCUT2D eigenvalue weighted by molar-refractivity contribution is 5.77. The number of rotatable bonds is 6. The van der Waals surface area contributed by atoms with Crippen molar-refractivity contribution in [3.8, 4) is 11.3 Å². The Hall–Kier alpha value is -2.14. The summed E-state index contributed by atoms with van der Waals surface area (Å²) >= 11 is 0. The van der Waals surface area contributed by atoms with E-state index in [4.69, 9.17) is 4.74 Å². The van der Waals surface area contributed by atoms with Crippen LogP contribution in [0.2, 0.25) is 0 Å². The number of benzene rings is 1. The Kier molecular flexibility index (Phi) is 4.83. The zero-order valence-corrected chi connectivity index (χ0v) is 14.5. The first-order valence-electron chi connectivity index (χ1n) is 9.25. The van der Waals surface area contributed by atoms with Gasteiger partial charge in [0.2, 0.25) is 5.91 Å². The maximum atomic E-state index is 12.4. The Morgan fingerprint density at radius 3 is 2.88 bits per heavy atom. The predicted octanol–water partition coefficient (Wildman–Crippen LogP) is 3.21. The quantitative estimate of drug-likeness (QED) is 0.879. The molecule has 1 unspecified atom stereocenters. The van der Waals surface area contributed by atoms with Gasteiger partial charge in [-0.2, -0.15) is 0 Å². The highest BCUT2D eigenvalue weighted by Crippen LogP contribution is 2.29. The Labute approximate surface area is 148 Å². The molecule has 0 bridgehead atoms. The minimum absolute atomic E-state index is 0.111. The van der Waals surface area contributed by atoms with Crippen molar-refractivity contribution >= 4 is 5.91 Å². The molecule has 1 amide bonds. The van der Waals surface area contributed by atoms with Gasteiger partial charge < -0.3 is 14.6 Å². The number of carbonyl (C=O) groups excluding carboxylic acids is 1. The molecule has 4 rings (SSSR count). The van der Waals surface area contributed by atoms with E-state index in [-0.39, 0.29) is 18.4 Å². The number of hydrogen-bond acceptors (Lipinski definition) is 3. The van der Waals surface area contributed by atoms with Crippen LogP contribution >= 0.6 is 0 Å². The Morgan fingerprint density at radius 1 is 1.24 bits per heavy atom. The molecule has 5 heteroatoms. The molecule has 1 aliphatic heterocycles. The van der Waals surface area contributed by atoms with Crippen LogP contribution in [-0.4, -0.2) is 47.1 Å². The van der Waals surface area contributed by atoms with Crippen LogP contribution in [0.15, 0.2) is 36.5 Å². The van der Waals surface area contributed by atoms with Gasteiger partial charge in [-0.3, -0.25) is 4.79 Å². The number of aromatic nitrogens is 2. The maximum Gasteiger partial charge on any atom is 0.248 e. The first-order chi connectivity index (χ1) is 12.3. The van der Waals surface area contributed by atoms with Crippen LogP contribution in [0.25, 0.3) is 11.3 Å². The number of ether oxygens (including phenoxy) is 1. The number of hydrogen-bond donors (Lipinski definition) is 1. The highest BCUT2D eigenvalue weighted by atomic mass is 16.5. The lowest BCUT2D eigenvalue weighted by molar-refractivity contribution is -0.137. The zero-order chi connectivity index (χ0) is 17.1. The fraction of sp³-hybridized carbons (Fsp3) is 0.500. The van der Waals surface area contributed by atoms with E-state index in [1.807, 2.05) is 29.3 Å². The number of nitrogens with one attached hydrogen (secondary N) is 1. The van der Waals surface area contributed by atoms with E-state index < -0.39 is 0 Å². The van der Waals surface area contributed by atoms with Crippen LogP contribution < -0.4 is 0 Å². The molecule has 0 radical (unpaired) electrons. The summed E-state index contributed by atoms with van der Waals surface area (Å²) in [5, 5.41) is 0. The van der Waals surface area contributed by atoms with Gasteiger partial charge in [0.05, 0.1) is 18.5 Å². The Balaban J connectivity index is 1.36. The van der Waals surface area contributed by atoms with Crippen LogP contribution in [0.3, 0.4) is 0 Å². The van der Waals surface area contributed by atoms with E-state index in [1.54, 1.807) is 0 Å². The topological polar surface area (TPSA) is 58.2 Å². The second-order valence-corrected chi connectivity index (χ2v) is 7.19. The van der Waals surface area contributed by atoms with Crippen molar-refractivity contribution in [3.63, 3.8) is 0 Å². The van der Waals surface area contributed by atoms with Crippen LogP contribution in [0.5, 0.6) is 0 Å². The number of carbonyl (C=O) groups is 1. The van der Waals surface area contributed by atoms with Gasteiger partial charge in [-0.25, -0.2) is 4.98 Å². The summed E-state index contributed by atoms with van der Waals surface area (Å²) in [5.74, 6) is 2.07. The van der Waals surface area contributed by atoms with Crippen LogP contribution in [-0.2, 0) is 9.53 Å². The average molecular weight is 339 g/mol. The second-order valence-electron chi connectivity index (χ2n) is 7.19. The molecule has 5 nitrogen and oxygen atoms in total. The van der Waals surface area contributed by atoms with Gasteiger partial charge >= 0.3 is 0 Å². The molecule has 1 saturated carbocycles. The van der Waals surface area contributed by atoms with E-state index in [9.17, 15) is 4.79 Å². The van der Waals surface area contributed by atoms with Gasteiger partial charge in [-0.05, 0) is 37.2 Å². The summed E-state index contributed by atoms with van der Waals surface area (Å²) in [6, 6.07) is 10.2. The first kappa shape index (κ1) is 16.3. The monoisotopic (exact) mass is 339 g/mol. The largest absolute Gasteiger partial charge is 0.371 e. The normalized spacial score (nSPS) is 20.6. The summed E-state index contributed by atoms with van der Waals surface area (Å²) in [5.41, 5.74) is 2.17. The molecule has 0 spiro atoms. The lowest BCUT2D eigenvalue weighted by atomic mass is 9.97. The van der Waals surface area contributed by atoms with Crippen molar-refractivity contribution in [3.05, 3.63) is 42.4 Å². The fourth-order valence-corrected chi connectivity index (χ4v) is 3.42. The number of aromatic amines is 1. The highest BCUT2D eigenvalue weighted by Gasteiger charge is 2.27. The number of piperidine rings is 1. The molecule has 2 aromatic rings. The molecule has 1 aromatic heterocycles. The lowest BCUT2D eigenvalue weighted by Crippen LogP contribution is -2.41. The molecule has 1 aliphatic carbocycles. The van der Waals surface area contributed by atoms with Crippen molar-refractivity contribution in [1.82, 2.24) is 14.9 Å². The molecule has 1 aromatic carbocycles. The number of likely N-dealkylation sites (tertiary alicyclic amines) is 1. The molecule has 1 N–H and O–H groups in total. The minimum Gasteiger partial charge on any atom is -0.371 e. The number of imidazole rings is 1. The first-order valence-corrected chi connectivity index (χ1v) is 9.25. The molecule has 2 aliphatic rings. The lowest BCUT2D eigenvalue weighted by Gasteiger charge is -2.31. The zero-order valence-electron chi connectivity index (χ0n) is 14.5. The average Bonchev–Trinajstić information content (AvgIpc) is 3.35. The van der Waals surface area contributed by atoms with E-state index >= 15 is 0 Å². The molecule has 2 fully saturated rings. The van der Waals surface area contributed by atoms with Gasteiger partial charge in [0.25, 0.3) is 0 Å². The summed E-state index contributed by atoms with van der Waals surface area (Å²) in [4.78, 5) is 22.3. The molecule has 2 heterocycles. The van der Waals surface area contributed by atoms with Crippen molar-refractivity contribution in [1.29, 1.82) is 0 Å². The van der Waals surface area contributed by atoms with Crippen LogP contribution in [0, 0.1) is 5.92 Å². The van der Waals surface area contributed by atoms with Crippen LogP contribution in [0.4, 0.5) is 0 Å². The van der Waals surface area contributed by atoms with Crippen molar-refractivity contribution in [2.75, 3.05) is 26.3 Å². The SMILES string of the molecule is O=C(COCC1CC1)N1CCCC(c2ncc(-c3ccccc3)[nH]2)C1. The molecular weight excluding hydrogens is 314 g/mol. The van der Waals surface area contributed by atoms with Gasteiger partial charge in [-0.15, -0.1) is 0 Å². The molecule has 25 heavy (non-hydrogen) atoms. The fourth-order valence-electron chi connectivity index (χ4n) is 3.42. The summed E-state index contributed by atoms with van der Waals surface area (Å²) in [6.45, 7) is 2.51. The molecular formula is C20H25N3O2. The third-order valence-corrected chi connectivity index (χ3v) is 5.12. The van der Waals surface area contributed by atoms with Crippen molar-refractivity contribution < 1.29 is 9.53 Å². The van der Waals surface area contributed by atoms with Gasteiger partial charge in [0, 0.05) is 19.0 Å². The molecule has 132 valence electrons. The van der Waals surface area contributed by atoms with Gasteiger partial charge in [0.15, 0.2) is 0 Å². The summed E-state index contributed by atoms with van der Waals surface area (Å²) in [7, 11) is 0. The summed E-state index contributed by atoms with van der Waals surface area (Å²) in [6.07, 6.45) is 6.48. The number of amides is 1. The molecule has 1 saturated heterocycles. The van der Waals surface area contributed by atoms with Crippen molar-refractivity contribution in [2.45, 2.75) is 31.6 Å². The summed E-state index contributed by atoms with van der Waals surface area (Å²) < 4.78 is 5.56. The van der Waals surface area contributed by atoms with Gasteiger partial charge in [0.1, 0.15) is 12.4 Å². The second kappa shape index (κ2) is 7.40. The third-order valence-electron chi connectivity index (χ3n) is 5.12. The number of nitrogens with zero attached hydrogens (tertiary/aromatic N) is 2. The standard InChI is InChI=1S/C20H25N3O2/c24-19(14-25-13-15-8-9-15)23-10-4-7-17(12-23)20-21-11-18(22-20)16-5-2-1-3-6-16/h1-3,5-6,11,15,17H,4,7-10,12-14H2,(H,21,22).